The fourth-order valence-electron chi connectivity index (χ4n) is 3.34. The zero-order valence-electron chi connectivity index (χ0n) is 14.4. The molecule has 3 aromatic rings. The van der Waals surface area contributed by atoms with E-state index in [9.17, 15) is 9.59 Å². The van der Waals surface area contributed by atoms with Crippen molar-refractivity contribution in [1.29, 1.82) is 0 Å². The van der Waals surface area contributed by atoms with Gasteiger partial charge in [-0.2, -0.15) is 15.2 Å². The van der Waals surface area contributed by atoms with Crippen LogP contribution in [0.2, 0.25) is 0 Å². The molecule has 136 valence electrons. The standard InChI is InChI=1S/C16H20N8O2/c1-23-14-11(9-18-23)15(26)20-16(19-14)17-8-10-4-2-3-7-24(10)12-5-6-13(25)22-21-12/h5-6,9-10H,2-4,7-8H2,1H3,(H,22,25)(H2,17,19,20,26). The lowest BCUT2D eigenvalue weighted by Gasteiger charge is -2.36. The lowest BCUT2D eigenvalue weighted by molar-refractivity contribution is 0.467. The maximum Gasteiger partial charge on any atom is 0.264 e. The topological polar surface area (TPSA) is 125 Å². The van der Waals surface area contributed by atoms with Crippen LogP contribution >= 0.6 is 0 Å². The highest BCUT2D eigenvalue weighted by Gasteiger charge is 2.24. The highest BCUT2D eigenvalue weighted by atomic mass is 16.1. The first kappa shape index (κ1) is 16.3. The van der Waals surface area contributed by atoms with Gasteiger partial charge in [-0.1, -0.05) is 0 Å². The number of aryl methyl sites for hydroxylation is 1. The third kappa shape index (κ3) is 3.05. The van der Waals surface area contributed by atoms with Crippen LogP contribution in [-0.2, 0) is 7.05 Å². The summed E-state index contributed by atoms with van der Waals surface area (Å²) >= 11 is 0. The number of aromatic amines is 2. The van der Waals surface area contributed by atoms with E-state index in [0.29, 0.717) is 23.5 Å². The molecule has 26 heavy (non-hydrogen) atoms. The summed E-state index contributed by atoms with van der Waals surface area (Å²) in [5, 5.41) is 14.4. The van der Waals surface area contributed by atoms with E-state index in [0.717, 1.165) is 31.6 Å². The van der Waals surface area contributed by atoms with Crippen LogP contribution < -0.4 is 21.3 Å². The largest absolute Gasteiger partial charge is 0.354 e. The molecule has 10 nitrogen and oxygen atoms in total. The second-order valence-electron chi connectivity index (χ2n) is 6.42. The number of fused-ring (bicyclic) bond motifs is 1. The summed E-state index contributed by atoms with van der Waals surface area (Å²) in [4.78, 5) is 32.7. The van der Waals surface area contributed by atoms with Crippen LogP contribution in [0.3, 0.4) is 0 Å². The molecule has 1 unspecified atom stereocenters. The number of H-pyrrole nitrogens is 2. The van der Waals surface area contributed by atoms with E-state index in [1.165, 1.54) is 12.3 Å². The summed E-state index contributed by atoms with van der Waals surface area (Å²) < 4.78 is 1.58. The zero-order chi connectivity index (χ0) is 18.1. The van der Waals surface area contributed by atoms with Crippen molar-refractivity contribution in [2.45, 2.75) is 25.3 Å². The molecule has 0 bridgehead atoms. The minimum Gasteiger partial charge on any atom is -0.354 e. The van der Waals surface area contributed by atoms with Crippen molar-refractivity contribution < 1.29 is 0 Å². The molecule has 0 amide bonds. The molecular weight excluding hydrogens is 336 g/mol. The zero-order valence-corrected chi connectivity index (χ0v) is 14.4. The molecule has 0 spiro atoms. The number of hydrogen-bond acceptors (Lipinski definition) is 7. The van der Waals surface area contributed by atoms with Crippen molar-refractivity contribution in [1.82, 2.24) is 29.9 Å². The Balaban J connectivity index is 1.54. The van der Waals surface area contributed by atoms with Crippen LogP contribution in [0.15, 0.2) is 27.9 Å². The summed E-state index contributed by atoms with van der Waals surface area (Å²) in [5.41, 5.74) is 0.110. The third-order valence-electron chi connectivity index (χ3n) is 4.69. The van der Waals surface area contributed by atoms with Gasteiger partial charge in [-0.3, -0.25) is 19.3 Å². The Hall–Kier alpha value is -3.17. The molecular formula is C16H20N8O2. The van der Waals surface area contributed by atoms with Gasteiger partial charge in [0.2, 0.25) is 5.95 Å². The molecule has 1 aliphatic heterocycles. The summed E-state index contributed by atoms with van der Waals surface area (Å²) in [7, 11) is 1.75. The van der Waals surface area contributed by atoms with Gasteiger partial charge in [0.05, 0.1) is 6.20 Å². The normalized spacial score (nSPS) is 17.6. The molecule has 1 atom stereocenters. The van der Waals surface area contributed by atoms with E-state index in [-0.39, 0.29) is 17.2 Å². The first-order valence-corrected chi connectivity index (χ1v) is 8.60. The van der Waals surface area contributed by atoms with Gasteiger partial charge in [-0.25, -0.2) is 5.10 Å². The molecule has 1 aliphatic rings. The number of nitrogens with one attached hydrogen (secondary N) is 3. The fraction of sp³-hybridized carbons (Fsp3) is 0.438. The van der Waals surface area contributed by atoms with E-state index in [2.05, 4.69) is 35.5 Å². The molecule has 0 saturated carbocycles. The van der Waals surface area contributed by atoms with Crippen molar-refractivity contribution in [2.75, 3.05) is 23.3 Å². The number of anilines is 2. The Morgan fingerprint density at radius 2 is 2.19 bits per heavy atom. The Morgan fingerprint density at radius 1 is 1.31 bits per heavy atom. The van der Waals surface area contributed by atoms with Crippen LogP contribution in [-0.4, -0.2) is 49.1 Å². The maximum absolute atomic E-state index is 12.1. The smallest absolute Gasteiger partial charge is 0.264 e. The highest BCUT2D eigenvalue weighted by Crippen LogP contribution is 2.22. The van der Waals surface area contributed by atoms with Gasteiger partial charge in [0.25, 0.3) is 11.1 Å². The molecule has 10 heteroatoms. The predicted octanol–water partition coefficient (Wildman–Crippen LogP) is 0.211. The average Bonchev–Trinajstić information content (AvgIpc) is 3.03. The Kier molecular flexibility index (Phi) is 4.15. The van der Waals surface area contributed by atoms with Crippen molar-refractivity contribution in [3.05, 3.63) is 39.0 Å². The van der Waals surface area contributed by atoms with Gasteiger partial charge >= 0.3 is 0 Å². The summed E-state index contributed by atoms with van der Waals surface area (Å²) in [5.74, 6) is 1.17. The molecule has 1 saturated heterocycles. The number of rotatable bonds is 4. The SMILES string of the molecule is Cn1ncc2c(=O)[nH]c(NCC3CCCCN3c3ccc(=O)[nH]n3)nc21. The minimum absolute atomic E-state index is 0.190. The van der Waals surface area contributed by atoms with Crippen molar-refractivity contribution in [3.8, 4) is 0 Å². The van der Waals surface area contributed by atoms with E-state index < -0.39 is 0 Å². The lowest BCUT2D eigenvalue weighted by Crippen LogP contribution is -2.44. The fourth-order valence-corrected chi connectivity index (χ4v) is 3.34. The molecule has 4 heterocycles. The number of hydrogen-bond donors (Lipinski definition) is 3. The monoisotopic (exact) mass is 356 g/mol. The molecule has 0 aliphatic carbocycles. The van der Waals surface area contributed by atoms with Gasteiger partial charge in [-0.15, -0.1) is 0 Å². The predicted molar refractivity (Wildman–Crippen MR) is 97.5 cm³/mol. The van der Waals surface area contributed by atoms with E-state index >= 15 is 0 Å². The Labute approximate surface area is 148 Å². The number of aromatic nitrogens is 6. The lowest BCUT2D eigenvalue weighted by atomic mass is 10.0. The van der Waals surface area contributed by atoms with E-state index in [1.807, 2.05) is 0 Å². The maximum atomic E-state index is 12.1. The van der Waals surface area contributed by atoms with Gasteiger partial charge < -0.3 is 10.2 Å². The van der Waals surface area contributed by atoms with Crippen LogP contribution in [0, 0.1) is 0 Å². The van der Waals surface area contributed by atoms with E-state index in [4.69, 9.17) is 0 Å². The molecule has 3 N–H and O–H groups in total. The summed E-state index contributed by atoms with van der Waals surface area (Å²) in [6.45, 7) is 1.48. The van der Waals surface area contributed by atoms with Crippen LogP contribution in [0.4, 0.5) is 11.8 Å². The summed E-state index contributed by atoms with van der Waals surface area (Å²) in [6.07, 6.45) is 4.70. The highest BCUT2D eigenvalue weighted by molar-refractivity contribution is 5.74. The van der Waals surface area contributed by atoms with Crippen LogP contribution in [0.5, 0.6) is 0 Å². The first-order valence-electron chi connectivity index (χ1n) is 8.60. The van der Waals surface area contributed by atoms with Crippen LogP contribution in [0.25, 0.3) is 11.0 Å². The van der Waals surface area contributed by atoms with Gasteiger partial charge in [0, 0.05) is 32.2 Å². The molecule has 3 aromatic heterocycles. The Morgan fingerprint density at radius 3 is 3.00 bits per heavy atom. The molecule has 4 rings (SSSR count). The van der Waals surface area contributed by atoms with Gasteiger partial charge in [0.15, 0.2) is 5.65 Å². The number of piperidine rings is 1. The van der Waals surface area contributed by atoms with Crippen molar-refractivity contribution >= 4 is 22.8 Å². The van der Waals surface area contributed by atoms with Gasteiger partial charge in [-0.05, 0) is 25.3 Å². The molecule has 0 aromatic carbocycles. The average molecular weight is 356 g/mol. The molecule has 1 fully saturated rings. The minimum atomic E-state index is -0.216. The van der Waals surface area contributed by atoms with Crippen molar-refractivity contribution in [3.63, 3.8) is 0 Å². The van der Waals surface area contributed by atoms with E-state index in [1.54, 1.807) is 17.8 Å². The van der Waals surface area contributed by atoms with Crippen LogP contribution in [0.1, 0.15) is 19.3 Å². The Bertz CT molecular complexity index is 1020. The number of nitrogens with zero attached hydrogens (tertiary/aromatic N) is 5. The second-order valence-corrected chi connectivity index (χ2v) is 6.42. The molecule has 0 radical (unpaired) electrons. The third-order valence-corrected chi connectivity index (χ3v) is 4.69. The van der Waals surface area contributed by atoms with Crippen molar-refractivity contribution in [2.24, 2.45) is 7.05 Å². The van der Waals surface area contributed by atoms with Gasteiger partial charge in [0.1, 0.15) is 11.2 Å². The quantitative estimate of drug-likeness (QED) is 0.610. The summed E-state index contributed by atoms with van der Waals surface area (Å²) in [6, 6.07) is 3.41. The second kappa shape index (κ2) is 6.62. The first-order chi connectivity index (χ1) is 12.6.